The number of benzene rings is 1. The largest absolute Gasteiger partial charge is 0.490 e. The Morgan fingerprint density at radius 3 is 2.69 bits per heavy atom. The van der Waals surface area contributed by atoms with Crippen molar-refractivity contribution in [1.29, 1.82) is 0 Å². The number of nitrogens with zero attached hydrogens (tertiary/aromatic N) is 4. The summed E-state index contributed by atoms with van der Waals surface area (Å²) in [6.07, 6.45) is -3.75. The Morgan fingerprint density at radius 1 is 1.17 bits per heavy atom. The molecule has 1 saturated heterocycles. The average Bonchev–Trinajstić information content (AvgIpc) is 3.51. The van der Waals surface area contributed by atoms with Crippen molar-refractivity contribution in [2.45, 2.75) is 25.0 Å². The molecule has 5 rings (SSSR count). The number of ether oxygens (including phenoxy) is 1. The maximum atomic E-state index is 13.1. The summed E-state index contributed by atoms with van der Waals surface area (Å²) in [4.78, 5) is 8.45. The van der Waals surface area contributed by atoms with E-state index in [4.69, 9.17) is 46.8 Å². The van der Waals surface area contributed by atoms with Gasteiger partial charge in [0.1, 0.15) is 18.1 Å². The Hall–Kier alpha value is -2.95. The molecular formula is C22H15Cl3F3N5O2. The van der Waals surface area contributed by atoms with Crippen LogP contribution >= 0.6 is 34.8 Å². The first-order valence-corrected chi connectivity index (χ1v) is 11.1. The predicted molar refractivity (Wildman–Crippen MR) is 125 cm³/mol. The molecule has 0 bridgehead atoms. The normalized spacial score (nSPS) is 18.5. The van der Waals surface area contributed by atoms with Gasteiger partial charge in [-0.05, 0) is 24.9 Å². The Balaban J connectivity index is 1.37. The highest BCUT2D eigenvalue weighted by Crippen LogP contribution is 2.37. The molecule has 4 aromatic rings. The number of hydrogen-bond donors (Lipinski definition) is 1. The van der Waals surface area contributed by atoms with Crippen molar-refractivity contribution in [3.8, 4) is 28.7 Å². The standard InChI is InChI=1S/C22H15Cl3F3N5O2/c1-10-2-3-12(29-10)9-34-18-6-14(23)13(5-15(18)24)21-31-19(32-35-21)17-8-33-7-11(22(26,27)28)4-16(25)20(33)30-17/h4-8,12,29H,1-3,9H2/i2D2. The summed E-state index contributed by atoms with van der Waals surface area (Å²) in [5.41, 5.74) is -0.126. The maximum Gasteiger partial charge on any atom is 0.417 e. The molecule has 0 saturated carbocycles. The summed E-state index contributed by atoms with van der Waals surface area (Å²) in [6, 6.07) is 3.43. The Morgan fingerprint density at radius 2 is 1.97 bits per heavy atom. The maximum absolute atomic E-state index is 13.1. The fraction of sp³-hybridized carbons (Fsp3) is 0.227. The minimum Gasteiger partial charge on any atom is -0.490 e. The lowest BCUT2D eigenvalue weighted by Gasteiger charge is -2.14. The summed E-state index contributed by atoms with van der Waals surface area (Å²) < 4.78 is 67.2. The number of fused-ring (bicyclic) bond motifs is 1. The highest BCUT2D eigenvalue weighted by atomic mass is 35.5. The van der Waals surface area contributed by atoms with Gasteiger partial charge in [-0.1, -0.05) is 46.5 Å². The van der Waals surface area contributed by atoms with Gasteiger partial charge in [-0.15, -0.1) is 0 Å². The Labute approximate surface area is 214 Å². The highest BCUT2D eigenvalue weighted by Gasteiger charge is 2.32. The van der Waals surface area contributed by atoms with Crippen LogP contribution in [-0.2, 0) is 6.18 Å². The number of allylic oxidation sites excluding steroid dienone is 1. The van der Waals surface area contributed by atoms with Crippen molar-refractivity contribution in [1.82, 2.24) is 24.8 Å². The fourth-order valence-corrected chi connectivity index (χ4v) is 4.16. The highest BCUT2D eigenvalue weighted by molar-refractivity contribution is 6.36. The van der Waals surface area contributed by atoms with Gasteiger partial charge < -0.3 is 19.0 Å². The van der Waals surface area contributed by atoms with Crippen molar-refractivity contribution in [2.24, 2.45) is 0 Å². The second-order valence-electron chi connectivity index (χ2n) is 7.63. The summed E-state index contributed by atoms with van der Waals surface area (Å²) in [7, 11) is 0. The molecule has 1 fully saturated rings. The van der Waals surface area contributed by atoms with E-state index in [0.29, 0.717) is 11.3 Å². The molecule has 4 heterocycles. The van der Waals surface area contributed by atoms with Crippen LogP contribution in [0.2, 0.25) is 15.1 Å². The van der Waals surface area contributed by atoms with E-state index >= 15 is 0 Å². The van der Waals surface area contributed by atoms with Crippen LogP contribution in [0.25, 0.3) is 28.6 Å². The lowest BCUT2D eigenvalue weighted by Crippen LogP contribution is -2.27. The molecule has 1 atom stereocenters. The first-order valence-electron chi connectivity index (χ1n) is 11.0. The van der Waals surface area contributed by atoms with Crippen LogP contribution in [0.4, 0.5) is 13.2 Å². The van der Waals surface area contributed by atoms with E-state index < -0.39 is 18.1 Å². The van der Waals surface area contributed by atoms with Gasteiger partial charge in [-0.2, -0.15) is 18.2 Å². The summed E-state index contributed by atoms with van der Waals surface area (Å²) in [5.74, 6) is 0.262. The third-order valence-corrected chi connectivity index (χ3v) is 6.01. The second kappa shape index (κ2) is 8.92. The number of rotatable bonds is 5. The van der Waals surface area contributed by atoms with Gasteiger partial charge in [0.25, 0.3) is 5.89 Å². The summed E-state index contributed by atoms with van der Waals surface area (Å²) in [6.45, 7) is 3.80. The van der Waals surface area contributed by atoms with Crippen molar-refractivity contribution in [2.75, 3.05) is 6.61 Å². The molecule has 7 nitrogen and oxygen atoms in total. The quantitative estimate of drug-likeness (QED) is 0.301. The second-order valence-corrected chi connectivity index (χ2v) is 8.85. The molecule has 0 radical (unpaired) electrons. The topological polar surface area (TPSA) is 77.5 Å². The van der Waals surface area contributed by atoms with Gasteiger partial charge in [0, 0.05) is 26.9 Å². The third-order valence-electron chi connectivity index (χ3n) is 5.12. The molecule has 1 aliphatic rings. The number of alkyl halides is 3. The number of halogens is 6. The predicted octanol–water partition coefficient (Wildman–Crippen LogP) is 6.67. The molecule has 1 aliphatic heterocycles. The number of imidazole rings is 1. The van der Waals surface area contributed by atoms with E-state index in [-0.39, 0.29) is 62.9 Å². The molecule has 0 aliphatic carbocycles. The van der Waals surface area contributed by atoms with E-state index in [0.717, 1.165) is 16.7 Å². The zero-order valence-electron chi connectivity index (χ0n) is 19.5. The number of nitrogens with one attached hydrogen (secondary N) is 1. The zero-order valence-corrected chi connectivity index (χ0v) is 19.7. The molecule has 3 aromatic heterocycles. The SMILES string of the molecule is [2H]C1([2H])CC(COc2cc(Cl)c(-c3nc(-c4cn5cc(C(F)(F)F)cc(Cl)c5n4)no3)cc2Cl)NC1=C. The summed E-state index contributed by atoms with van der Waals surface area (Å²) in [5, 5.41) is 6.98. The van der Waals surface area contributed by atoms with Crippen molar-refractivity contribution in [3.05, 3.63) is 63.5 Å². The molecule has 35 heavy (non-hydrogen) atoms. The molecule has 13 heteroatoms. The number of hydrogen-bond acceptors (Lipinski definition) is 6. The molecule has 1 unspecified atom stereocenters. The molecule has 0 amide bonds. The van der Waals surface area contributed by atoms with Crippen LogP contribution in [0.1, 0.15) is 21.1 Å². The van der Waals surface area contributed by atoms with E-state index in [1.165, 1.54) is 18.3 Å². The van der Waals surface area contributed by atoms with Crippen LogP contribution in [0.3, 0.4) is 0 Å². The van der Waals surface area contributed by atoms with Crippen LogP contribution < -0.4 is 10.1 Å². The van der Waals surface area contributed by atoms with Crippen LogP contribution in [0.5, 0.6) is 5.75 Å². The van der Waals surface area contributed by atoms with Crippen molar-refractivity contribution in [3.63, 3.8) is 0 Å². The fourth-order valence-electron chi connectivity index (χ4n) is 3.45. The molecular weight excluding hydrogens is 530 g/mol. The lowest BCUT2D eigenvalue weighted by molar-refractivity contribution is -0.137. The first kappa shape index (κ1) is 21.3. The van der Waals surface area contributed by atoms with Gasteiger partial charge in [0.15, 0.2) is 5.65 Å². The smallest absolute Gasteiger partial charge is 0.417 e. The zero-order chi connectivity index (χ0) is 26.7. The Bertz CT molecular complexity index is 1540. The van der Waals surface area contributed by atoms with Crippen LogP contribution in [0.15, 0.2) is 47.4 Å². The number of aromatic nitrogens is 4. The van der Waals surface area contributed by atoms with Gasteiger partial charge in [0.2, 0.25) is 5.82 Å². The number of pyridine rings is 1. The van der Waals surface area contributed by atoms with Crippen LogP contribution in [0, 0.1) is 0 Å². The molecule has 182 valence electrons. The molecule has 1 aromatic carbocycles. The van der Waals surface area contributed by atoms with E-state index in [2.05, 4.69) is 27.0 Å². The lowest BCUT2D eigenvalue weighted by atomic mass is 10.2. The van der Waals surface area contributed by atoms with Crippen molar-refractivity contribution < 1.29 is 25.2 Å². The minimum absolute atomic E-state index is 0.00218. The van der Waals surface area contributed by atoms with E-state index in [1.54, 1.807) is 0 Å². The third kappa shape index (κ3) is 4.78. The van der Waals surface area contributed by atoms with Gasteiger partial charge in [0.05, 0.1) is 32.2 Å². The Kier molecular flexibility index (Phi) is 5.44. The molecule has 1 N–H and O–H groups in total. The van der Waals surface area contributed by atoms with Gasteiger partial charge in [-0.25, -0.2) is 4.98 Å². The first-order chi connectivity index (χ1) is 17.3. The monoisotopic (exact) mass is 545 g/mol. The van der Waals surface area contributed by atoms with Gasteiger partial charge in [-0.3, -0.25) is 0 Å². The van der Waals surface area contributed by atoms with Gasteiger partial charge >= 0.3 is 6.18 Å². The average molecular weight is 547 g/mol. The van der Waals surface area contributed by atoms with E-state index in [9.17, 15) is 13.2 Å². The van der Waals surface area contributed by atoms with E-state index in [1.807, 2.05) is 0 Å². The van der Waals surface area contributed by atoms with Crippen molar-refractivity contribution >= 4 is 40.4 Å². The van der Waals surface area contributed by atoms with Crippen LogP contribution in [-0.4, -0.2) is 32.2 Å². The minimum atomic E-state index is -4.58. The summed E-state index contributed by atoms with van der Waals surface area (Å²) >= 11 is 18.8. The molecule has 0 spiro atoms.